The summed E-state index contributed by atoms with van der Waals surface area (Å²) < 4.78 is 10.6. The topological polar surface area (TPSA) is 64.6 Å². The maximum Gasteiger partial charge on any atom is 0.407 e. The van der Waals surface area contributed by atoms with Gasteiger partial charge in [0.15, 0.2) is 0 Å². The van der Waals surface area contributed by atoms with Crippen LogP contribution in [0.25, 0.3) is 0 Å². The minimum atomic E-state index is -0.647. The Morgan fingerprint density at radius 3 is 1.59 bits per heavy atom. The molecule has 1 unspecified atom stereocenters. The van der Waals surface area contributed by atoms with Gasteiger partial charge in [0.25, 0.3) is 0 Å². The first-order chi connectivity index (χ1) is 15.4. The van der Waals surface area contributed by atoms with Gasteiger partial charge in [0.2, 0.25) is 0 Å². The largest absolute Gasteiger partial charge is 0.464 e. The van der Waals surface area contributed by atoms with Crippen molar-refractivity contribution in [2.75, 3.05) is 13.2 Å². The SMILES string of the molecule is CCCCCCCCCCCCCCCCOC(=O)[C@@H](NC(=O)OCC(C)C)C(C)CC. The number of carbonyl (C=O) groups excluding carboxylic acids is 2. The molecule has 1 amide bonds. The number of ether oxygens (including phenoxy) is 2. The summed E-state index contributed by atoms with van der Waals surface area (Å²) in [5, 5.41) is 2.69. The van der Waals surface area contributed by atoms with Crippen molar-refractivity contribution in [1.29, 1.82) is 0 Å². The Hall–Kier alpha value is -1.26. The van der Waals surface area contributed by atoms with Gasteiger partial charge in [-0.3, -0.25) is 0 Å². The Balaban J connectivity index is 3.76. The van der Waals surface area contributed by atoms with Gasteiger partial charge >= 0.3 is 12.1 Å². The third-order valence-corrected chi connectivity index (χ3v) is 6.03. The standard InChI is InChI=1S/C27H53NO4/c1-6-8-9-10-11-12-13-14-15-16-17-18-19-20-21-31-26(29)25(24(5)7-2)28-27(30)32-22-23(3)4/h23-25H,6-22H2,1-5H3,(H,28,30)/t24?,25-/m0/s1. The zero-order valence-electron chi connectivity index (χ0n) is 21.9. The Labute approximate surface area is 198 Å². The van der Waals surface area contributed by atoms with Gasteiger partial charge in [-0.25, -0.2) is 9.59 Å². The van der Waals surface area contributed by atoms with E-state index in [0.717, 1.165) is 19.3 Å². The van der Waals surface area contributed by atoms with E-state index in [1.165, 1.54) is 77.0 Å². The zero-order chi connectivity index (χ0) is 24.0. The summed E-state index contributed by atoms with van der Waals surface area (Å²) in [6.45, 7) is 10.9. The van der Waals surface area contributed by atoms with Gasteiger partial charge in [-0.2, -0.15) is 0 Å². The molecule has 5 nitrogen and oxygen atoms in total. The summed E-state index contributed by atoms with van der Waals surface area (Å²) in [6.07, 6.45) is 18.4. The number of rotatable bonds is 21. The van der Waals surface area contributed by atoms with Crippen LogP contribution < -0.4 is 5.32 Å². The van der Waals surface area contributed by atoms with Crippen molar-refractivity contribution in [3.05, 3.63) is 0 Å². The van der Waals surface area contributed by atoms with E-state index in [1.807, 2.05) is 27.7 Å². The zero-order valence-corrected chi connectivity index (χ0v) is 21.9. The maximum absolute atomic E-state index is 12.5. The number of esters is 1. The average molecular weight is 456 g/mol. The molecule has 0 aliphatic rings. The first kappa shape index (κ1) is 30.7. The monoisotopic (exact) mass is 455 g/mol. The number of alkyl carbamates (subject to hydrolysis) is 1. The van der Waals surface area contributed by atoms with E-state index in [-0.39, 0.29) is 17.8 Å². The van der Waals surface area contributed by atoms with Crippen LogP contribution in [0.4, 0.5) is 4.79 Å². The van der Waals surface area contributed by atoms with Crippen molar-refractivity contribution in [3.8, 4) is 0 Å². The number of hydrogen-bond donors (Lipinski definition) is 1. The fraction of sp³-hybridized carbons (Fsp3) is 0.926. The molecule has 0 saturated carbocycles. The number of carbonyl (C=O) groups is 2. The highest BCUT2D eigenvalue weighted by Gasteiger charge is 2.27. The quantitative estimate of drug-likeness (QED) is 0.142. The Kier molecular flexibility index (Phi) is 20.7. The van der Waals surface area contributed by atoms with Gasteiger partial charge in [-0.15, -0.1) is 0 Å². The molecule has 0 fully saturated rings. The minimum absolute atomic E-state index is 0.00504. The summed E-state index contributed by atoms with van der Waals surface area (Å²) in [6, 6.07) is -0.647. The molecule has 0 aromatic carbocycles. The second-order valence-electron chi connectivity index (χ2n) is 9.76. The molecule has 0 heterocycles. The second-order valence-corrected chi connectivity index (χ2v) is 9.76. The smallest absolute Gasteiger partial charge is 0.407 e. The molecule has 0 saturated heterocycles. The van der Waals surface area contributed by atoms with Crippen LogP contribution in [0.1, 0.15) is 131 Å². The molecule has 0 aliphatic carbocycles. The molecule has 5 heteroatoms. The van der Waals surface area contributed by atoms with Crippen molar-refractivity contribution < 1.29 is 19.1 Å². The van der Waals surface area contributed by atoms with Gasteiger partial charge in [0.05, 0.1) is 13.2 Å². The third-order valence-electron chi connectivity index (χ3n) is 6.03. The molecule has 0 bridgehead atoms. The van der Waals surface area contributed by atoms with Crippen molar-refractivity contribution in [1.82, 2.24) is 5.32 Å². The highest BCUT2D eigenvalue weighted by atomic mass is 16.6. The molecule has 0 aliphatic heterocycles. The molecular weight excluding hydrogens is 402 g/mol. The van der Waals surface area contributed by atoms with E-state index in [4.69, 9.17) is 9.47 Å². The van der Waals surface area contributed by atoms with Gasteiger partial charge < -0.3 is 14.8 Å². The van der Waals surface area contributed by atoms with Crippen LogP contribution in [-0.2, 0) is 14.3 Å². The summed E-state index contributed by atoms with van der Waals surface area (Å²) in [4.78, 5) is 24.4. The molecule has 190 valence electrons. The summed E-state index contributed by atoms with van der Waals surface area (Å²) in [5.41, 5.74) is 0. The van der Waals surface area contributed by atoms with E-state index < -0.39 is 12.1 Å². The first-order valence-corrected chi connectivity index (χ1v) is 13.5. The third kappa shape index (κ3) is 18.3. The van der Waals surface area contributed by atoms with Gasteiger partial charge in [-0.05, 0) is 18.3 Å². The van der Waals surface area contributed by atoms with Crippen molar-refractivity contribution >= 4 is 12.1 Å². The van der Waals surface area contributed by atoms with Crippen molar-refractivity contribution in [2.24, 2.45) is 11.8 Å². The average Bonchev–Trinajstić information content (AvgIpc) is 2.77. The molecular formula is C27H53NO4. The van der Waals surface area contributed by atoms with Gasteiger partial charge in [0, 0.05) is 0 Å². The van der Waals surface area contributed by atoms with Crippen LogP contribution in [0.2, 0.25) is 0 Å². The maximum atomic E-state index is 12.5. The Bertz CT molecular complexity index is 453. The van der Waals surface area contributed by atoms with E-state index in [0.29, 0.717) is 13.2 Å². The predicted molar refractivity (Wildman–Crippen MR) is 134 cm³/mol. The number of nitrogens with one attached hydrogen (secondary N) is 1. The lowest BCUT2D eigenvalue weighted by Gasteiger charge is -2.22. The van der Waals surface area contributed by atoms with Crippen LogP contribution in [0, 0.1) is 11.8 Å². The molecule has 0 aromatic heterocycles. The lowest BCUT2D eigenvalue weighted by Crippen LogP contribution is -2.46. The number of amides is 1. The van der Waals surface area contributed by atoms with E-state index in [1.54, 1.807) is 0 Å². The second kappa shape index (κ2) is 21.6. The van der Waals surface area contributed by atoms with Crippen LogP contribution in [0.3, 0.4) is 0 Å². The summed E-state index contributed by atoms with van der Waals surface area (Å²) >= 11 is 0. The van der Waals surface area contributed by atoms with Crippen molar-refractivity contribution in [3.63, 3.8) is 0 Å². The molecule has 0 aromatic rings. The van der Waals surface area contributed by atoms with E-state index >= 15 is 0 Å². The highest BCUT2D eigenvalue weighted by molar-refractivity contribution is 5.81. The van der Waals surface area contributed by atoms with Crippen molar-refractivity contribution in [2.45, 2.75) is 137 Å². The van der Waals surface area contributed by atoms with Crippen LogP contribution in [0.15, 0.2) is 0 Å². The normalized spacial score (nSPS) is 13.1. The van der Waals surface area contributed by atoms with E-state index in [2.05, 4.69) is 12.2 Å². The Morgan fingerprint density at radius 1 is 0.688 bits per heavy atom. The molecule has 0 rings (SSSR count). The molecule has 32 heavy (non-hydrogen) atoms. The number of unbranched alkanes of at least 4 members (excludes halogenated alkanes) is 13. The summed E-state index contributed by atoms with van der Waals surface area (Å²) in [7, 11) is 0. The minimum Gasteiger partial charge on any atom is -0.464 e. The van der Waals surface area contributed by atoms with Gasteiger partial charge in [0.1, 0.15) is 6.04 Å². The van der Waals surface area contributed by atoms with E-state index in [9.17, 15) is 9.59 Å². The first-order valence-electron chi connectivity index (χ1n) is 13.5. The fourth-order valence-corrected chi connectivity index (χ4v) is 3.64. The Morgan fingerprint density at radius 2 is 1.16 bits per heavy atom. The number of hydrogen-bond acceptors (Lipinski definition) is 4. The lowest BCUT2D eigenvalue weighted by atomic mass is 9.99. The lowest BCUT2D eigenvalue weighted by molar-refractivity contribution is -0.147. The molecule has 1 N–H and O–H groups in total. The molecule has 2 atom stereocenters. The van der Waals surface area contributed by atoms with Crippen LogP contribution in [-0.4, -0.2) is 31.3 Å². The van der Waals surface area contributed by atoms with Gasteiger partial charge in [-0.1, -0.05) is 125 Å². The fourth-order valence-electron chi connectivity index (χ4n) is 3.64. The predicted octanol–water partition coefficient (Wildman–Crippen LogP) is 7.81. The summed E-state index contributed by atoms with van der Waals surface area (Å²) in [5.74, 6) is -0.0870. The molecule has 0 spiro atoms. The highest BCUT2D eigenvalue weighted by Crippen LogP contribution is 2.14. The molecule has 0 radical (unpaired) electrons. The van der Waals surface area contributed by atoms with Crippen LogP contribution in [0.5, 0.6) is 0 Å². The van der Waals surface area contributed by atoms with Crippen LogP contribution >= 0.6 is 0 Å².